The zero-order valence-electron chi connectivity index (χ0n) is 22.5. The topological polar surface area (TPSA) is 101 Å². The molecule has 10 heteroatoms. The van der Waals surface area contributed by atoms with Gasteiger partial charge in [0.1, 0.15) is 23.7 Å². The lowest BCUT2D eigenvalue weighted by atomic mass is 10.1. The van der Waals surface area contributed by atoms with Gasteiger partial charge in [-0.25, -0.2) is 14.4 Å². The van der Waals surface area contributed by atoms with Crippen molar-refractivity contribution in [2.24, 2.45) is 4.99 Å². The van der Waals surface area contributed by atoms with E-state index in [9.17, 15) is 9.18 Å². The van der Waals surface area contributed by atoms with E-state index in [1.54, 1.807) is 43.3 Å². The second-order valence-corrected chi connectivity index (χ2v) is 9.14. The minimum Gasteiger partial charge on any atom is -0.491 e. The molecule has 2 aromatic carbocycles. The highest BCUT2D eigenvalue weighted by Crippen LogP contribution is 2.33. The van der Waals surface area contributed by atoms with E-state index in [1.807, 2.05) is 0 Å². The van der Waals surface area contributed by atoms with E-state index in [-0.39, 0.29) is 11.7 Å². The standard InChI is InChI=1S/C30H33FN6O3/c1-4-29(38)36-27-17-24-26(18-28(27)40-13-7-10-37-11-14-39-15-12-37)33-20-34-30(24)35-22(19-32-3)16-21(2)23-8-5-6-9-25(23)31/h4-6,8-9,16-20H,1,3,7,10-15H2,2H3,(H,36,38)(H,33,34,35)/b21-16+,22-19+. The summed E-state index contributed by atoms with van der Waals surface area (Å²) in [6.45, 7) is 13.6. The molecule has 208 valence electrons. The van der Waals surface area contributed by atoms with Crippen LogP contribution in [0.3, 0.4) is 0 Å². The summed E-state index contributed by atoms with van der Waals surface area (Å²) >= 11 is 0. The molecule has 1 aliphatic rings. The van der Waals surface area contributed by atoms with Gasteiger partial charge in [0.25, 0.3) is 0 Å². The van der Waals surface area contributed by atoms with Crippen molar-refractivity contribution in [3.63, 3.8) is 0 Å². The van der Waals surface area contributed by atoms with Gasteiger partial charge in [-0.05, 0) is 49.9 Å². The fraction of sp³-hybridized carbons (Fsp3) is 0.267. The van der Waals surface area contributed by atoms with Gasteiger partial charge in [0.2, 0.25) is 5.91 Å². The Morgan fingerprint density at radius 3 is 2.77 bits per heavy atom. The van der Waals surface area contributed by atoms with Crippen molar-refractivity contribution >= 4 is 40.6 Å². The highest BCUT2D eigenvalue weighted by atomic mass is 19.1. The maximum absolute atomic E-state index is 14.3. The Morgan fingerprint density at radius 1 is 1.23 bits per heavy atom. The summed E-state index contributed by atoms with van der Waals surface area (Å²) in [5, 5.41) is 6.69. The number of carbonyl (C=O) groups excluding carboxylic acids is 1. The lowest BCUT2D eigenvalue weighted by molar-refractivity contribution is -0.111. The predicted octanol–water partition coefficient (Wildman–Crippen LogP) is 5.05. The third-order valence-electron chi connectivity index (χ3n) is 6.32. The van der Waals surface area contributed by atoms with Crippen LogP contribution in [0, 0.1) is 5.82 Å². The zero-order valence-corrected chi connectivity index (χ0v) is 22.5. The maximum Gasteiger partial charge on any atom is 0.247 e. The van der Waals surface area contributed by atoms with Crippen molar-refractivity contribution in [2.45, 2.75) is 13.3 Å². The molecule has 1 aromatic heterocycles. The van der Waals surface area contributed by atoms with Gasteiger partial charge in [-0.3, -0.25) is 14.7 Å². The monoisotopic (exact) mass is 544 g/mol. The molecule has 0 atom stereocenters. The number of hydrogen-bond donors (Lipinski definition) is 2. The number of allylic oxidation sites excluding steroid dienone is 2. The molecule has 0 saturated carbocycles. The van der Waals surface area contributed by atoms with Gasteiger partial charge < -0.3 is 20.1 Å². The summed E-state index contributed by atoms with van der Waals surface area (Å²) in [4.78, 5) is 27.3. The van der Waals surface area contributed by atoms with Crippen molar-refractivity contribution in [3.8, 4) is 5.75 Å². The Bertz CT molecular complexity index is 1430. The van der Waals surface area contributed by atoms with E-state index in [2.05, 4.69) is 43.8 Å². The number of fused-ring (bicyclic) bond motifs is 1. The van der Waals surface area contributed by atoms with Gasteiger partial charge >= 0.3 is 0 Å². The Hall–Kier alpha value is -4.41. The van der Waals surface area contributed by atoms with Gasteiger partial charge in [-0.15, -0.1) is 0 Å². The van der Waals surface area contributed by atoms with Crippen molar-refractivity contribution in [2.75, 3.05) is 50.1 Å². The average Bonchev–Trinajstić information content (AvgIpc) is 2.96. The summed E-state index contributed by atoms with van der Waals surface area (Å²) in [5.41, 5.74) is 2.77. The number of carbonyl (C=O) groups is 1. The molecule has 4 rings (SSSR count). The summed E-state index contributed by atoms with van der Waals surface area (Å²) in [5.74, 6) is 0.261. The van der Waals surface area contributed by atoms with Crippen LogP contribution in [0.15, 0.2) is 78.3 Å². The van der Waals surface area contributed by atoms with Crippen LogP contribution in [0.5, 0.6) is 5.75 Å². The molecule has 9 nitrogen and oxygen atoms in total. The largest absolute Gasteiger partial charge is 0.491 e. The number of morpholine rings is 1. The minimum absolute atomic E-state index is 0.324. The fourth-order valence-electron chi connectivity index (χ4n) is 4.31. The minimum atomic E-state index is -0.372. The number of amides is 1. The summed E-state index contributed by atoms with van der Waals surface area (Å²) in [6.07, 6.45) is 6.72. The Morgan fingerprint density at radius 2 is 2.02 bits per heavy atom. The third-order valence-corrected chi connectivity index (χ3v) is 6.32. The molecule has 1 amide bonds. The molecular formula is C30H33FN6O3. The van der Waals surface area contributed by atoms with Crippen LogP contribution in [-0.2, 0) is 9.53 Å². The molecule has 1 aliphatic heterocycles. The van der Waals surface area contributed by atoms with E-state index in [1.165, 1.54) is 24.7 Å². The highest BCUT2D eigenvalue weighted by Gasteiger charge is 2.15. The number of anilines is 2. The Balaban J connectivity index is 1.59. The van der Waals surface area contributed by atoms with Gasteiger partial charge in [0.05, 0.1) is 36.7 Å². The fourth-order valence-corrected chi connectivity index (χ4v) is 4.31. The number of rotatable bonds is 12. The van der Waals surface area contributed by atoms with Crippen LogP contribution in [0.25, 0.3) is 16.5 Å². The molecule has 1 fully saturated rings. The first kappa shape index (κ1) is 28.6. The van der Waals surface area contributed by atoms with Gasteiger partial charge in [0, 0.05) is 42.9 Å². The first-order valence-corrected chi connectivity index (χ1v) is 13.0. The lowest BCUT2D eigenvalue weighted by Gasteiger charge is -2.26. The molecular weight excluding hydrogens is 511 g/mol. The van der Waals surface area contributed by atoms with Crippen LogP contribution in [0.1, 0.15) is 18.9 Å². The SMILES string of the molecule is C=CC(=O)Nc1cc2c(NC(=C/N=C)/C=C(\C)c3ccccc3F)ncnc2cc1OCCCN1CCOCC1. The van der Waals surface area contributed by atoms with E-state index in [0.29, 0.717) is 51.6 Å². The molecule has 0 unspecified atom stereocenters. The van der Waals surface area contributed by atoms with Crippen molar-refractivity contribution in [3.05, 3.63) is 84.7 Å². The number of nitrogens with zero attached hydrogens (tertiary/aromatic N) is 4. The van der Waals surface area contributed by atoms with Crippen LogP contribution < -0.4 is 15.4 Å². The summed E-state index contributed by atoms with van der Waals surface area (Å²) in [7, 11) is 0. The Labute approximate surface area is 233 Å². The number of halogens is 1. The molecule has 1 saturated heterocycles. The molecule has 0 radical (unpaired) electrons. The smallest absolute Gasteiger partial charge is 0.247 e. The van der Waals surface area contributed by atoms with Crippen molar-refractivity contribution < 1.29 is 18.7 Å². The van der Waals surface area contributed by atoms with Gasteiger partial charge in [0.15, 0.2) is 0 Å². The lowest BCUT2D eigenvalue weighted by Crippen LogP contribution is -2.37. The normalized spacial score (nSPS) is 14.6. The molecule has 0 bridgehead atoms. The van der Waals surface area contributed by atoms with E-state index in [4.69, 9.17) is 9.47 Å². The first-order valence-electron chi connectivity index (χ1n) is 13.0. The van der Waals surface area contributed by atoms with Crippen LogP contribution in [0.2, 0.25) is 0 Å². The summed E-state index contributed by atoms with van der Waals surface area (Å²) in [6, 6.07) is 10.1. The van der Waals surface area contributed by atoms with E-state index in [0.717, 1.165) is 39.3 Å². The second-order valence-electron chi connectivity index (χ2n) is 9.14. The summed E-state index contributed by atoms with van der Waals surface area (Å²) < 4.78 is 25.8. The number of aliphatic imine (C=N–C) groups is 1. The van der Waals surface area contributed by atoms with Gasteiger partial charge in [-0.1, -0.05) is 24.8 Å². The highest BCUT2D eigenvalue weighted by molar-refractivity contribution is 6.03. The van der Waals surface area contributed by atoms with Crippen LogP contribution in [-0.4, -0.2) is 66.9 Å². The molecule has 0 spiro atoms. The molecule has 3 aromatic rings. The van der Waals surface area contributed by atoms with Gasteiger partial charge in [-0.2, -0.15) is 0 Å². The molecule has 0 aliphatic carbocycles. The number of benzene rings is 2. The van der Waals surface area contributed by atoms with Crippen LogP contribution in [0.4, 0.5) is 15.9 Å². The average molecular weight is 545 g/mol. The van der Waals surface area contributed by atoms with E-state index < -0.39 is 0 Å². The second kappa shape index (κ2) is 14.1. The molecule has 40 heavy (non-hydrogen) atoms. The quantitative estimate of drug-likeness (QED) is 0.142. The third kappa shape index (κ3) is 7.58. The van der Waals surface area contributed by atoms with Crippen molar-refractivity contribution in [1.29, 1.82) is 0 Å². The predicted molar refractivity (Wildman–Crippen MR) is 157 cm³/mol. The number of nitrogens with one attached hydrogen (secondary N) is 2. The Kier molecular flexibility index (Phi) is 10.1. The number of hydrogen-bond acceptors (Lipinski definition) is 8. The maximum atomic E-state index is 14.3. The number of ether oxygens (including phenoxy) is 2. The first-order chi connectivity index (χ1) is 19.5. The van der Waals surface area contributed by atoms with E-state index >= 15 is 0 Å². The molecule has 2 N–H and O–H groups in total. The number of aromatic nitrogens is 2. The van der Waals surface area contributed by atoms with Crippen molar-refractivity contribution in [1.82, 2.24) is 14.9 Å². The zero-order chi connectivity index (χ0) is 28.3. The van der Waals surface area contributed by atoms with Crippen LogP contribution >= 0.6 is 0 Å². The molecule has 2 heterocycles.